The zero-order valence-corrected chi connectivity index (χ0v) is 14.0. The van der Waals surface area contributed by atoms with Gasteiger partial charge < -0.3 is 19.6 Å². The molecule has 0 bridgehead atoms. The number of hydrogen-bond acceptors (Lipinski definition) is 5. The van der Waals surface area contributed by atoms with Gasteiger partial charge in [0.25, 0.3) is 0 Å². The van der Waals surface area contributed by atoms with Gasteiger partial charge >= 0.3 is 6.09 Å². The molecular formula is C17H25N3O3. The average molecular weight is 319 g/mol. The highest BCUT2D eigenvalue weighted by atomic mass is 16.6. The first kappa shape index (κ1) is 16.1. The number of aliphatic hydroxyl groups is 1. The van der Waals surface area contributed by atoms with Crippen molar-refractivity contribution in [3.63, 3.8) is 0 Å². The molecule has 23 heavy (non-hydrogen) atoms. The summed E-state index contributed by atoms with van der Waals surface area (Å²) in [6.45, 7) is 8.15. The van der Waals surface area contributed by atoms with Gasteiger partial charge in [-0.25, -0.2) is 4.79 Å². The van der Waals surface area contributed by atoms with Gasteiger partial charge in [-0.1, -0.05) is 0 Å². The number of hydrogen-bond donors (Lipinski definition) is 1. The van der Waals surface area contributed by atoms with Gasteiger partial charge in [-0.15, -0.1) is 0 Å². The van der Waals surface area contributed by atoms with Crippen LogP contribution in [0, 0.1) is 5.92 Å². The smallest absolute Gasteiger partial charge is 0.410 e. The molecular weight excluding hydrogens is 294 g/mol. The van der Waals surface area contributed by atoms with Crippen LogP contribution in [0.3, 0.4) is 0 Å². The zero-order chi connectivity index (χ0) is 16.6. The lowest BCUT2D eigenvalue weighted by atomic mass is 10.1. The maximum Gasteiger partial charge on any atom is 0.410 e. The van der Waals surface area contributed by atoms with Crippen LogP contribution in [0.4, 0.5) is 10.5 Å². The summed E-state index contributed by atoms with van der Waals surface area (Å²) < 4.78 is 5.53. The number of anilines is 1. The van der Waals surface area contributed by atoms with Gasteiger partial charge in [-0.3, -0.25) is 4.98 Å². The standard InChI is InChI=1S/C17H25N3O3/c1-17(2,3)23-16(22)20-5-4-13-9-19(10-15(13)20)14-6-12(11-21)7-18-8-14/h6-8,13,15,21H,4-5,9-11H2,1-3H3/t13-,15+/m1/s1. The highest BCUT2D eigenvalue weighted by Gasteiger charge is 2.44. The summed E-state index contributed by atoms with van der Waals surface area (Å²) in [7, 11) is 0. The summed E-state index contributed by atoms with van der Waals surface area (Å²) in [6.07, 6.45) is 4.29. The Bertz CT molecular complexity index is 585. The molecule has 0 radical (unpaired) electrons. The first-order chi connectivity index (χ1) is 10.9. The van der Waals surface area contributed by atoms with Crippen molar-refractivity contribution in [2.75, 3.05) is 24.5 Å². The summed E-state index contributed by atoms with van der Waals surface area (Å²) in [6, 6.07) is 2.16. The summed E-state index contributed by atoms with van der Waals surface area (Å²) in [4.78, 5) is 20.7. The molecule has 2 aliphatic rings. The number of carbonyl (C=O) groups excluding carboxylic acids is 1. The van der Waals surface area contributed by atoms with E-state index >= 15 is 0 Å². The van der Waals surface area contributed by atoms with E-state index in [0.717, 1.165) is 37.3 Å². The Morgan fingerprint density at radius 3 is 2.87 bits per heavy atom. The Morgan fingerprint density at radius 1 is 1.39 bits per heavy atom. The van der Waals surface area contributed by atoms with Gasteiger partial charge in [0.2, 0.25) is 0 Å². The van der Waals surface area contributed by atoms with Gasteiger partial charge in [0.1, 0.15) is 5.60 Å². The van der Waals surface area contributed by atoms with Crippen molar-refractivity contribution in [3.8, 4) is 0 Å². The number of aliphatic hydroxyl groups excluding tert-OH is 1. The van der Waals surface area contributed by atoms with Crippen LogP contribution in [-0.4, -0.2) is 52.4 Å². The minimum Gasteiger partial charge on any atom is -0.444 e. The largest absolute Gasteiger partial charge is 0.444 e. The van der Waals surface area contributed by atoms with Crippen LogP contribution in [0.2, 0.25) is 0 Å². The molecule has 2 aliphatic heterocycles. The predicted molar refractivity (Wildman–Crippen MR) is 87.2 cm³/mol. The first-order valence-electron chi connectivity index (χ1n) is 8.17. The molecule has 2 atom stereocenters. The zero-order valence-electron chi connectivity index (χ0n) is 14.0. The van der Waals surface area contributed by atoms with E-state index in [-0.39, 0.29) is 18.7 Å². The van der Waals surface area contributed by atoms with Crippen molar-refractivity contribution >= 4 is 11.8 Å². The van der Waals surface area contributed by atoms with Crippen LogP contribution in [0.1, 0.15) is 32.8 Å². The molecule has 0 aliphatic carbocycles. The fraction of sp³-hybridized carbons (Fsp3) is 0.647. The van der Waals surface area contributed by atoms with Crippen LogP contribution < -0.4 is 4.90 Å². The van der Waals surface area contributed by atoms with Crippen molar-refractivity contribution in [1.82, 2.24) is 9.88 Å². The lowest BCUT2D eigenvalue weighted by molar-refractivity contribution is 0.0229. The maximum atomic E-state index is 12.4. The SMILES string of the molecule is CC(C)(C)OC(=O)N1CC[C@@H]2CN(c3cncc(CO)c3)C[C@@H]21. The number of likely N-dealkylation sites (tertiary alicyclic amines) is 1. The second-order valence-electron chi connectivity index (χ2n) is 7.40. The van der Waals surface area contributed by atoms with E-state index in [1.165, 1.54) is 0 Å². The molecule has 3 heterocycles. The Kier molecular flexibility index (Phi) is 4.19. The normalized spacial score (nSPS) is 24.0. The minimum atomic E-state index is -0.465. The van der Waals surface area contributed by atoms with E-state index in [4.69, 9.17) is 4.74 Å². The summed E-state index contributed by atoms with van der Waals surface area (Å²) in [5.41, 5.74) is 1.35. The quantitative estimate of drug-likeness (QED) is 0.903. The van der Waals surface area contributed by atoms with Gasteiger partial charge in [0.15, 0.2) is 0 Å². The Hall–Kier alpha value is -1.82. The molecule has 6 nitrogen and oxygen atoms in total. The molecule has 126 valence electrons. The van der Waals surface area contributed by atoms with Crippen molar-refractivity contribution in [2.45, 2.75) is 45.4 Å². The molecule has 2 fully saturated rings. The third kappa shape index (κ3) is 3.42. The fourth-order valence-electron chi connectivity index (χ4n) is 3.45. The molecule has 3 rings (SSSR count). The maximum absolute atomic E-state index is 12.4. The number of aromatic nitrogens is 1. The number of carbonyl (C=O) groups is 1. The number of pyridine rings is 1. The Morgan fingerprint density at radius 2 is 2.17 bits per heavy atom. The van der Waals surface area contributed by atoms with Crippen molar-refractivity contribution < 1.29 is 14.6 Å². The van der Waals surface area contributed by atoms with E-state index in [2.05, 4.69) is 9.88 Å². The molecule has 1 amide bonds. The number of rotatable bonds is 2. The predicted octanol–water partition coefficient (Wildman–Crippen LogP) is 2.02. The minimum absolute atomic E-state index is 0.00836. The molecule has 0 unspecified atom stereocenters. The van der Waals surface area contributed by atoms with Gasteiger partial charge in [-0.05, 0) is 38.8 Å². The highest BCUT2D eigenvalue weighted by molar-refractivity contribution is 5.69. The number of fused-ring (bicyclic) bond motifs is 1. The van der Waals surface area contributed by atoms with Crippen LogP contribution in [0.25, 0.3) is 0 Å². The van der Waals surface area contributed by atoms with E-state index in [0.29, 0.717) is 5.92 Å². The summed E-state index contributed by atoms with van der Waals surface area (Å²) >= 11 is 0. The summed E-state index contributed by atoms with van der Waals surface area (Å²) in [5.74, 6) is 0.473. The lowest BCUT2D eigenvalue weighted by Gasteiger charge is -2.29. The number of ether oxygens (including phenoxy) is 1. The molecule has 0 saturated carbocycles. The molecule has 0 spiro atoms. The van der Waals surface area contributed by atoms with E-state index in [1.807, 2.05) is 37.9 Å². The average Bonchev–Trinajstić information content (AvgIpc) is 3.05. The van der Waals surface area contributed by atoms with E-state index in [9.17, 15) is 9.90 Å². The third-order valence-corrected chi connectivity index (χ3v) is 4.50. The molecule has 6 heteroatoms. The Labute approximate surface area is 137 Å². The van der Waals surface area contributed by atoms with Crippen LogP contribution in [0.15, 0.2) is 18.5 Å². The number of nitrogens with zero attached hydrogens (tertiary/aromatic N) is 3. The molecule has 1 aromatic rings. The van der Waals surface area contributed by atoms with Gasteiger partial charge in [0, 0.05) is 31.7 Å². The fourth-order valence-corrected chi connectivity index (χ4v) is 3.45. The van der Waals surface area contributed by atoms with Crippen LogP contribution >= 0.6 is 0 Å². The molecule has 1 N–H and O–H groups in total. The Balaban J connectivity index is 1.70. The molecule has 2 saturated heterocycles. The van der Waals surface area contributed by atoms with E-state index < -0.39 is 5.60 Å². The second kappa shape index (κ2) is 6.00. The first-order valence-corrected chi connectivity index (χ1v) is 8.17. The van der Waals surface area contributed by atoms with Crippen LogP contribution in [0.5, 0.6) is 0 Å². The van der Waals surface area contributed by atoms with Crippen molar-refractivity contribution in [3.05, 3.63) is 24.0 Å². The highest BCUT2D eigenvalue weighted by Crippen LogP contribution is 2.34. The number of amides is 1. The second-order valence-corrected chi connectivity index (χ2v) is 7.40. The van der Waals surface area contributed by atoms with E-state index in [1.54, 1.807) is 6.20 Å². The topological polar surface area (TPSA) is 65.9 Å². The van der Waals surface area contributed by atoms with Crippen LogP contribution in [-0.2, 0) is 11.3 Å². The summed E-state index contributed by atoms with van der Waals surface area (Å²) in [5, 5.41) is 9.26. The molecule has 0 aromatic carbocycles. The van der Waals surface area contributed by atoms with Crippen molar-refractivity contribution in [2.24, 2.45) is 5.92 Å². The van der Waals surface area contributed by atoms with Crippen molar-refractivity contribution in [1.29, 1.82) is 0 Å². The van der Waals surface area contributed by atoms with Gasteiger partial charge in [-0.2, -0.15) is 0 Å². The monoisotopic (exact) mass is 319 g/mol. The third-order valence-electron chi connectivity index (χ3n) is 4.50. The molecule has 1 aromatic heterocycles. The lowest BCUT2D eigenvalue weighted by Crippen LogP contribution is -2.42. The van der Waals surface area contributed by atoms with Gasteiger partial charge in [0.05, 0.1) is 24.5 Å².